The number of hydrogen-bond acceptors (Lipinski definition) is 4. The summed E-state index contributed by atoms with van der Waals surface area (Å²) in [4.78, 5) is 10.9. The number of carbonyl (C=O) groups is 1. The fourth-order valence-electron chi connectivity index (χ4n) is 2.32. The Balaban J connectivity index is 2.33. The number of aryl methyl sites for hydroxylation is 1. The maximum atomic E-state index is 10.9. The summed E-state index contributed by atoms with van der Waals surface area (Å²) in [6.07, 6.45) is 0.0159. The second kappa shape index (κ2) is 4.74. The number of rotatable bonds is 4. The van der Waals surface area contributed by atoms with E-state index in [1.54, 1.807) is 0 Å². The van der Waals surface area contributed by atoms with Gasteiger partial charge < -0.3 is 20.3 Å². The Morgan fingerprint density at radius 2 is 2.00 bits per heavy atom. The number of carboxylic acid groups (broad SMARTS) is 1. The molecule has 1 aromatic carbocycles. The highest BCUT2D eigenvalue weighted by molar-refractivity contribution is 5.68. The third-order valence-electron chi connectivity index (χ3n) is 3.55. The van der Waals surface area contributed by atoms with Gasteiger partial charge in [0.1, 0.15) is 0 Å². The van der Waals surface area contributed by atoms with Crippen molar-refractivity contribution in [3.8, 4) is 11.5 Å². The van der Waals surface area contributed by atoms with Crippen LogP contribution in [0.4, 0.5) is 0 Å². The zero-order valence-corrected chi connectivity index (χ0v) is 11.4. The van der Waals surface area contributed by atoms with Crippen molar-refractivity contribution in [2.24, 2.45) is 11.1 Å². The molecule has 3 N–H and O–H groups in total. The summed E-state index contributed by atoms with van der Waals surface area (Å²) in [6, 6.07) is 3.36. The smallest absolute Gasteiger partial charge is 0.303 e. The van der Waals surface area contributed by atoms with Crippen LogP contribution < -0.4 is 15.2 Å². The molecular weight excluding hydrogens is 246 g/mol. The molecule has 0 amide bonds. The maximum Gasteiger partial charge on any atom is 0.303 e. The van der Waals surface area contributed by atoms with Gasteiger partial charge in [-0.15, -0.1) is 0 Å². The lowest BCUT2D eigenvalue weighted by atomic mass is 9.77. The molecule has 1 aromatic rings. The summed E-state index contributed by atoms with van der Waals surface area (Å²) in [6.45, 7) is 5.87. The van der Waals surface area contributed by atoms with Crippen molar-refractivity contribution in [2.75, 3.05) is 6.79 Å². The molecule has 5 heteroatoms. The number of aliphatic carboxylic acids is 1. The third-order valence-corrected chi connectivity index (χ3v) is 3.55. The lowest BCUT2D eigenvalue weighted by molar-refractivity contribution is -0.139. The molecule has 0 aromatic heterocycles. The van der Waals surface area contributed by atoms with Gasteiger partial charge in [0, 0.05) is 6.04 Å². The van der Waals surface area contributed by atoms with Gasteiger partial charge in [0.15, 0.2) is 11.5 Å². The Morgan fingerprint density at radius 3 is 2.58 bits per heavy atom. The Morgan fingerprint density at radius 1 is 1.42 bits per heavy atom. The zero-order valence-electron chi connectivity index (χ0n) is 11.4. The van der Waals surface area contributed by atoms with E-state index >= 15 is 0 Å². The quantitative estimate of drug-likeness (QED) is 0.872. The molecule has 1 atom stereocenters. The minimum absolute atomic E-state index is 0.0159. The molecule has 0 bridgehead atoms. The Kier molecular flexibility index (Phi) is 3.41. The third kappa shape index (κ3) is 2.66. The minimum Gasteiger partial charge on any atom is -0.481 e. The first-order valence-corrected chi connectivity index (χ1v) is 6.19. The van der Waals surface area contributed by atoms with E-state index in [1.807, 2.05) is 32.9 Å². The average Bonchev–Trinajstić information content (AvgIpc) is 2.72. The zero-order chi connectivity index (χ0) is 14.2. The molecule has 5 nitrogen and oxygen atoms in total. The maximum absolute atomic E-state index is 10.9. The topological polar surface area (TPSA) is 81.8 Å². The van der Waals surface area contributed by atoms with E-state index in [9.17, 15) is 4.79 Å². The first-order valence-electron chi connectivity index (χ1n) is 6.19. The van der Waals surface area contributed by atoms with Crippen LogP contribution in [0.1, 0.15) is 37.4 Å². The molecule has 1 unspecified atom stereocenters. The molecule has 1 aliphatic rings. The van der Waals surface area contributed by atoms with Gasteiger partial charge in [-0.25, -0.2) is 0 Å². The van der Waals surface area contributed by atoms with Gasteiger partial charge in [0.25, 0.3) is 0 Å². The molecule has 0 radical (unpaired) electrons. The SMILES string of the molecule is Cc1cc2c(cc1C(N)C(C)(C)CC(=O)O)OCO2. The summed E-state index contributed by atoms with van der Waals surface area (Å²) in [5.41, 5.74) is 7.60. The van der Waals surface area contributed by atoms with Gasteiger partial charge in [-0.2, -0.15) is 0 Å². The van der Waals surface area contributed by atoms with Crippen molar-refractivity contribution >= 4 is 5.97 Å². The van der Waals surface area contributed by atoms with Crippen LogP contribution in [-0.2, 0) is 4.79 Å². The first-order chi connectivity index (χ1) is 8.81. The molecule has 104 valence electrons. The van der Waals surface area contributed by atoms with Gasteiger partial charge in [0.2, 0.25) is 6.79 Å². The summed E-state index contributed by atoms with van der Waals surface area (Å²) in [7, 11) is 0. The molecule has 1 aliphatic heterocycles. The standard InChI is InChI=1S/C14H19NO4/c1-8-4-10-11(19-7-18-10)5-9(8)13(15)14(2,3)6-12(16)17/h4-5,13H,6-7,15H2,1-3H3,(H,16,17). The fraction of sp³-hybridized carbons (Fsp3) is 0.500. The molecule has 1 heterocycles. The van der Waals surface area contributed by atoms with Gasteiger partial charge in [0.05, 0.1) is 6.42 Å². The predicted molar refractivity (Wildman–Crippen MR) is 70.3 cm³/mol. The van der Waals surface area contributed by atoms with Gasteiger partial charge in [-0.3, -0.25) is 4.79 Å². The van der Waals surface area contributed by atoms with Crippen LogP contribution in [0.25, 0.3) is 0 Å². The average molecular weight is 265 g/mol. The molecule has 19 heavy (non-hydrogen) atoms. The monoisotopic (exact) mass is 265 g/mol. The highest BCUT2D eigenvalue weighted by Gasteiger charge is 2.32. The van der Waals surface area contributed by atoms with E-state index < -0.39 is 11.4 Å². The second-order valence-electron chi connectivity index (χ2n) is 5.60. The lowest BCUT2D eigenvalue weighted by Gasteiger charge is -2.31. The van der Waals surface area contributed by atoms with Crippen LogP contribution in [-0.4, -0.2) is 17.9 Å². The van der Waals surface area contributed by atoms with Crippen LogP contribution in [0.3, 0.4) is 0 Å². The van der Waals surface area contributed by atoms with Crippen LogP contribution in [0.15, 0.2) is 12.1 Å². The molecule has 0 saturated carbocycles. The Bertz CT molecular complexity index is 510. The fourth-order valence-corrected chi connectivity index (χ4v) is 2.32. The highest BCUT2D eigenvalue weighted by Crippen LogP contribution is 2.41. The van der Waals surface area contributed by atoms with Crippen LogP contribution >= 0.6 is 0 Å². The van der Waals surface area contributed by atoms with Gasteiger partial charge >= 0.3 is 5.97 Å². The van der Waals surface area contributed by atoms with Crippen molar-refractivity contribution in [1.82, 2.24) is 0 Å². The number of benzene rings is 1. The molecular formula is C14H19NO4. The van der Waals surface area contributed by atoms with E-state index in [0.29, 0.717) is 11.5 Å². The number of nitrogens with two attached hydrogens (primary N) is 1. The van der Waals surface area contributed by atoms with Crippen molar-refractivity contribution in [3.63, 3.8) is 0 Å². The van der Waals surface area contributed by atoms with E-state index in [-0.39, 0.29) is 19.3 Å². The van der Waals surface area contributed by atoms with E-state index in [4.69, 9.17) is 20.3 Å². The molecule has 0 fully saturated rings. The minimum atomic E-state index is -0.848. The van der Waals surface area contributed by atoms with Crippen molar-refractivity contribution in [1.29, 1.82) is 0 Å². The van der Waals surface area contributed by atoms with E-state index in [2.05, 4.69) is 0 Å². The number of fused-ring (bicyclic) bond motifs is 1. The number of carboxylic acids is 1. The summed E-state index contributed by atoms with van der Waals surface area (Å²) >= 11 is 0. The van der Waals surface area contributed by atoms with Crippen molar-refractivity contribution in [3.05, 3.63) is 23.3 Å². The van der Waals surface area contributed by atoms with Gasteiger partial charge in [-0.05, 0) is 35.6 Å². The van der Waals surface area contributed by atoms with Crippen LogP contribution in [0, 0.1) is 12.3 Å². The highest BCUT2D eigenvalue weighted by atomic mass is 16.7. The summed E-state index contributed by atoms with van der Waals surface area (Å²) in [5.74, 6) is 0.533. The molecule has 0 spiro atoms. The number of hydrogen-bond donors (Lipinski definition) is 2. The molecule has 0 aliphatic carbocycles. The largest absolute Gasteiger partial charge is 0.481 e. The first kappa shape index (κ1) is 13.7. The van der Waals surface area contributed by atoms with E-state index in [1.165, 1.54) is 0 Å². The summed E-state index contributed by atoms with van der Waals surface area (Å²) < 4.78 is 10.7. The Hall–Kier alpha value is -1.75. The predicted octanol–water partition coefficient (Wildman–Crippen LogP) is 2.22. The normalized spacial score (nSPS) is 15.4. The Labute approximate surface area is 112 Å². The van der Waals surface area contributed by atoms with E-state index in [0.717, 1.165) is 11.1 Å². The van der Waals surface area contributed by atoms with Crippen LogP contribution in [0.2, 0.25) is 0 Å². The van der Waals surface area contributed by atoms with Crippen molar-refractivity contribution < 1.29 is 19.4 Å². The second-order valence-corrected chi connectivity index (χ2v) is 5.60. The van der Waals surface area contributed by atoms with Crippen LogP contribution in [0.5, 0.6) is 11.5 Å². The summed E-state index contributed by atoms with van der Waals surface area (Å²) in [5, 5.41) is 8.97. The van der Waals surface area contributed by atoms with Gasteiger partial charge in [-0.1, -0.05) is 13.8 Å². The lowest BCUT2D eigenvalue weighted by Crippen LogP contribution is -2.32. The van der Waals surface area contributed by atoms with Crippen molar-refractivity contribution in [2.45, 2.75) is 33.2 Å². The number of ether oxygens (including phenoxy) is 2. The molecule has 2 rings (SSSR count). The molecule has 0 saturated heterocycles.